The number of amides is 2. The third-order valence-electron chi connectivity index (χ3n) is 2.65. The van der Waals surface area contributed by atoms with Crippen molar-refractivity contribution in [3.8, 4) is 0 Å². The zero-order valence-electron chi connectivity index (χ0n) is 11.2. The lowest BCUT2D eigenvalue weighted by atomic mass is 10.2. The smallest absolute Gasteiger partial charge is 0.326 e. The Morgan fingerprint density at radius 2 is 2.25 bits per heavy atom. The summed E-state index contributed by atoms with van der Waals surface area (Å²) in [6.07, 6.45) is 1.63. The molecule has 1 aromatic carbocycles. The van der Waals surface area contributed by atoms with Gasteiger partial charge in [-0.3, -0.25) is 0 Å². The lowest BCUT2D eigenvalue weighted by molar-refractivity contribution is -0.139. The first kappa shape index (κ1) is 16.0. The number of carboxylic acids is 1. The fourth-order valence-electron chi connectivity index (χ4n) is 1.63. The van der Waals surface area contributed by atoms with Crippen molar-refractivity contribution in [3.63, 3.8) is 0 Å². The maximum absolute atomic E-state index is 11.9. The highest BCUT2D eigenvalue weighted by Gasteiger charge is 2.20. The standard InChI is InChI=1S/C14H17ClN2O3/c1-3-5-12(13(18)19)16-14(20)17(2)9-10-6-4-7-11(15)8-10/h3-4,6-8,12H,1,5,9H2,2H3,(H,16,20)(H,18,19). The van der Waals surface area contributed by atoms with Gasteiger partial charge in [0.25, 0.3) is 0 Å². The normalized spacial score (nSPS) is 11.5. The molecular formula is C14H17ClN2O3. The van der Waals surface area contributed by atoms with E-state index >= 15 is 0 Å². The van der Waals surface area contributed by atoms with Crippen molar-refractivity contribution in [3.05, 3.63) is 47.5 Å². The molecule has 6 heteroatoms. The van der Waals surface area contributed by atoms with Gasteiger partial charge in [0.1, 0.15) is 6.04 Å². The number of carboxylic acid groups (broad SMARTS) is 1. The van der Waals surface area contributed by atoms with E-state index in [9.17, 15) is 9.59 Å². The number of hydrogen-bond acceptors (Lipinski definition) is 2. The fourth-order valence-corrected chi connectivity index (χ4v) is 1.84. The predicted molar refractivity (Wildman–Crippen MR) is 77.7 cm³/mol. The number of carbonyl (C=O) groups is 2. The number of urea groups is 1. The molecule has 20 heavy (non-hydrogen) atoms. The summed E-state index contributed by atoms with van der Waals surface area (Å²) in [5.41, 5.74) is 0.866. The summed E-state index contributed by atoms with van der Waals surface area (Å²) in [6.45, 7) is 3.81. The van der Waals surface area contributed by atoms with Crippen LogP contribution in [0.1, 0.15) is 12.0 Å². The number of aliphatic carboxylic acids is 1. The molecule has 0 heterocycles. The number of benzene rings is 1. The average molecular weight is 297 g/mol. The first-order chi connectivity index (χ1) is 9.43. The summed E-state index contributed by atoms with van der Waals surface area (Å²) in [4.78, 5) is 24.3. The summed E-state index contributed by atoms with van der Waals surface area (Å²) in [6, 6.07) is 5.70. The van der Waals surface area contributed by atoms with Gasteiger partial charge in [-0.1, -0.05) is 29.8 Å². The van der Waals surface area contributed by atoms with Crippen LogP contribution in [0.15, 0.2) is 36.9 Å². The largest absolute Gasteiger partial charge is 0.480 e. The molecule has 0 fully saturated rings. The summed E-state index contributed by atoms with van der Waals surface area (Å²) in [7, 11) is 1.59. The zero-order chi connectivity index (χ0) is 15.1. The molecule has 0 saturated carbocycles. The summed E-state index contributed by atoms with van der Waals surface area (Å²) in [5, 5.41) is 12.0. The third kappa shape index (κ3) is 4.93. The second-order valence-electron chi connectivity index (χ2n) is 4.35. The molecule has 0 radical (unpaired) electrons. The van der Waals surface area contributed by atoms with E-state index in [0.29, 0.717) is 11.6 Å². The first-order valence-electron chi connectivity index (χ1n) is 6.03. The van der Waals surface area contributed by atoms with Gasteiger partial charge in [0.2, 0.25) is 0 Å². The molecule has 0 bridgehead atoms. The Bertz CT molecular complexity index is 505. The molecule has 0 aliphatic heterocycles. The number of carbonyl (C=O) groups excluding carboxylic acids is 1. The van der Waals surface area contributed by atoms with Gasteiger partial charge < -0.3 is 15.3 Å². The van der Waals surface area contributed by atoms with Gasteiger partial charge in [-0.05, 0) is 24.1 Å². The molecule has 0 aliphatic carbocycles. The van der Waals surface area contributed by atoms with Crippen molar-refractivity contribution in [2.75, 3.05) is 7.05 Å². The van der Waals surface area contributed by atoms with Crippen molar-refractivity contribution in [2.45, 2.75) is 19.0 Å². The lowest BCUT2D eigenvalue weighted by Crippen LogP contribution is -2.46. The maximum Gasteiger partial charge on any atom is 0.326 e. The molecule has 0 aliphatic rings. The van der Waals surface area contributed by atoms with Gasteiger partial charge in [0, 0.05) is 18.6 Å². The van der Waals surface area contributed by atoms with E-state index < -0.39 is 18.0 Å². The summed E-state index contributed by atoms with van der Waals surface area (Å²) in [5.74, 6) is -1.09. The summed E-state index contributed by atoms with van der Waals surface area (Å²) >= 11 is 5.87. The van der Waals surface area contributed by atoms with Crippen LogP contribution in [-0.2, 0) is 11.3 Å². The van der Waals surface area contributed by atoms with Gasteiger partial charge in [-0.15, -0.1) is 6.58 Å². The van der Waals surface area contributed by atoms with E-state index in [1.54, 1.807) is 25.2 Å². The number of nitrogens with one attached hydrogen (secondary N) is 1. The van der Waals surface area contributed by atoms with Crippen LogP contribution in [0.3, 0.4) is 0 Å². The Morgan fingerprint density at radius 1 is 1.55 bits per heavy atom. The molecule has 0 spiro atoms. The monoisotopic (exact) mass is 296 g/mol. The van der Waals surface area contributed by atoms with Gasteiger partial charge in [-0.2, -0.15) is 0 Å². The van der Waals surface area contributed by atoms with Crippen molar-refractivity contribution < 1.29 is 14.7 Å². The zero-order valence-corrected chi connectivity index (χ0v) is 11.9. The Hall–Kier alpha value is -2.01. The first-order valence-corrected chi connectivity index (χ1v) is 6.41. The van der Waals surface area contributed by atoms with Gasteiger partial charge in [0.05, 0.1) is 0 Å². The second-order valence-corrected chi connectivity index (χ2v) is 4.79. The highest BCUT2D eigenvalue weighted by Crippen LogP contribution is 2.12. The van der Waals surface area contributed by atoms with E-state index in [0.717, 1.165) is 5.56 Å². The molecule has 2 N–H and O–H groups in total. The number of hydrogen-bond donors (Lipinski definition) is 2. The Kier molecular flexibility index (Phi) is 6.06. The Labute approximate surface area is 122 Å². The predicted octanol–water partition coefficient (Wildman–Crippen LogP) is 2.51. The Balaban J connectivity index is 2.62. The van der Waals surface area contributed by atoms with Crippen molar-refractivity contribution in [2.24, 2.45) is 0 Å². The van der Waals surface area contributed by atoms with E-state index in [-0.39, 0.29) is 6.42 Å². The van der Waals surface area contributed by atoms with Crippen LogP contribution in [0, 0.1) is 0 Å². The molecule has 0 saturated heterocycles. The quantitative estimate of drug-likeness (QED) is 0.793. The highest BCUT2D eigenvalue weighted by atomic mass is 35.5. The second kappa shape index (κ2) is 7.55. The van der Waals surface area contributed by atoms with Gasteiger partial charge in [-0.25, -0.2) is 9.59 Å². The lowest BCUT2D eigenvalue weighted by Gasteiger charge is -2.21. The topological polar surface area (TPSA) is 69.6 Å². The van der Waals surface area contributed by atoms with E-state index in [4.69, 9.17) is 16.7 Å². The molecule has 1 rings (SSSR count). The molecular weight excluding hydrogens is 280 g/mol. The fraction of sp³-hybridized carbons (Fsp3) is 0.286. The molecule has 1 unspecified atom stereocenters. The minimum absolute atomic E-state index is 0.173. The minimum Gasteiger partial charge on any atom is -0.480 e. The number of nitrogens with zero attached hydrogens (tertiary/aromatic N) is 1. The van der Waals surface area contributed by atoms with Crippen LogP contribution in [0.2, 0.25) is 5.02 Å². The van der Waals surface area contributed by atoms with Crippen LogP contribution in [0.5, 0.6) is 0 Å². The third-order valence-corrected chi connectivity index (χ3v) is 2.89. The Morgan fingerprint density at radius 3 is 2.80 bits per heavy atom. The molecule has 108 valence electrons. The molecule has 2 amide bonds. The van der Waals surface area contributed by atoms with E-state index in [1.807, 2.05) is 6.07 Å². The molecule has 5 nitrogen and oxygen atoms in total. The summed E-state index contributed by atoms with van der Waals surface area (Å²) < 4.78 is 0. The molecule has 1 aromatic rings. The molecule has 1 atom stereocenters. The number of halogens is 1. The van der Waals surface area contributed by atoms with Crippen LogP contribution in [0.25, 0.3) is 0 Å². The van der Waals surface area contributed by atoms with Gasteiger partial charge in [0.15, 0.2) is 0 Å². The minimum atomic E-state index is -1.09. The van der Waals surface area contributed by atoms with Crippen molar-refractivity contribution >= 4 is 23.6 Å². The number of rotatable bonds is 6. The van der Waals surface area contributed by atoms with E-state index in [2.05, 4.69) is 11.9 Å². The van der Waals surface area contributed by atoms with Crippen LogP contribution in [0.4, 0.5) is 4.79 Å². The van der Waals surface area contributed by atoms with E-state index in [1.165, 1.54) is 11.0 Å². The van der Waals surface area contributed by atoms with Crippen LogP contribution in [-0.4, -0.2) is 35.1 Å². The maximum atomic E-state index is 11.9. The van der Waals surface area contributed by atoms with Crippen molar-refractivity contribution in [1.29, 1.82) is 0 Å². The van der Waals surface area contributed by atoms with Crippen LogP contribution < -0.4 is 5.32 Å². The SMILES string of the molecule is C=CCC(NC(=O)N(C)Cc1cccc(Cl)c1)C(=O)O. The van der Waals surface area contributed by atoms with Crippen molar-refractivity contribution in [1.82, 2.24) is 10.2 Å². The molecule has 0 aromatic heterocycles. The van der Waals surface area contributed by atoms with Gasteiger partial charge >= 0.3 is 12.0 Å². The van der Waals surface area contributed by atoms with Crippen LogP contribution >= 0.6 is 11.6 Å². The average Bonchev–Trinajstić information content (AvgIpc) is 2.37. The highest BCUT2D eigenvalue weighted by molar-refractivity contribution is 6.30.